The summed E-state index contributed by atoms with van der Waals surface area (Å²) in [6, 6.07) is 9.00. The lowest BCUT2D eigenvalue weighted by atomic mass is 9.79. The minimum atomic E-state index is -1.18. The van der Waals surface area contributed by atoms with E-state index in [1.54, 1.807) is 36.1 Å². The molecule has 0 spiro atoms. The predicted octanol–water partition coefficient (Wildman–Crippen LogP) is 2.68. The summed E-state index contributed by atoms with van der Waals surface area (Å²) < 4.78 is 0. The maximum Gasteiger partial charge on any atom is 0.314 e. The molecule has 1 fully saturated rings. The fourth-order valence-electron chi connectivity index (χ4n) is 2.85. The van der Waals surface area contributed by atoms with E-state index in [2.05, 4.69) is 13.8 Å². The van der Waals surface area contributed by atoms with Gasteiger partial charge in [-0.25, -0.2) is 0 Å². The fourth-order valence-corrected chi connectivity index (χ4v) is 2.85. The van der Waals surface area contributed by atoms with Crippen LogP contribution in [0.4, 0.5) is 0 Å². The number of amides is 1. The van der Waals surface area contributed by atoms with E-state index in [1.807, 2.05) is 6.07 Å². The molecule has 0 aliphatic carbocycles. The van der Waals surface area contributed by atoms with Crippen molar-refractivity contribution in [3.63, 3.8) is 0 Å². The van der Waals surface area contributed by atoms with Crippen LogP contribution in [0.25, 0.3) is 0 Å². The Balaban J connectivity index is 2.18. The van der Waals surface area contributed by atoms with Crippen molar-refractivity contribution in [3.8, 4) is 0 Å². The van der Waals surface area contributed by atoms with E-state index >= 15 is 0 Å². The van der Waals surface area contributed by atoms with Gasteiger partial charge in [0.1, 0.15) is 0 Å². The van der Waals surface area contributed by atoms with Crippen LogP contribution in [-0.2, 0) is 15.0 Å². The predicted molar refractivity (Wildman–Crippen MR) is 81.0 cm³/mol. The SMILES string of the molecule is CC1(C)CCN(C(=O)CC(C)(C(=O)O)c2ccccc2)C1. The van der Waals surface area contributed by atoms with Gasteiger partial charge in [0.2, 0.25) is 5.91 Å². The van der Waals surface area contributed by atoms with Gasteiger partial charge in [-0.3, -0.25) is 9.59 Å². The van der Waals surface area contributed by atoms with Crippen LogP contribution in [0.15, 0.2) is 30.3 Å². The highest BCUT2D eigenvalue weighted by molar-refractivity contribution is 5.89. The van der Waals surface area contributed by atoms with E-state index in [1.165, 1.54) is 0 Å². The monoisotopic (exact) mass is 289 g/mol. The Morgan fingerprint density at radius 3 is 2.38 bits per heavy atom. The van der Waals surface area contributed by atoms with Crippen molar-refractivity contribution in [1.29, 1.82) is 0 Å². The van der Waals surface area contributed by atoms with Gasteiger partial charge in [-0.2, -0.15) is 0 Å². The Bertz CT molecular complexity index is 538. The molecule has 114 valence electrons. The summed E-state index contributed by atoms with van der Waals surface area (Å²) in [6.07, 6.45) is 0.969. The third-order valence-electron chi connectivity index (χ3n) is 4.42. The van der Waals surface area contributed by atoms with Crippen LogP contribution in [0.5, 0.6) is 0 Å². The Labute approximate surface area is 125 Å². The second-order valence-electron chi connectivity index (χ2n) is 6.91. The molecule has 4 heteroatoms. The molecule has 21 heavy (non-hydrogen) atoms. The van der Waals surface area contributed by atoms with E-state index in [0.29, 0.717) is 12.1 Å². The largest absolute Gasteiger partial charge is 0.481 e. The number of rotatable bonds is 4. The quantitative estimate of drug-likeness (QED) is 0.927. The maximum atomic E-state index is 12.5. The Hall–Kier alpha value is -1.84. The zero-order chi connectivity index (χ0) is 15.7. The molecule has 1 N–H and O–H groups in total. The summed E-state index contributed by atoms with van der Waals surface area (Å²) in [5.74, 6) is -1.03. The highest BCUT2D eigenvalue weighted by Crippen LogP contribution is 2.33. The van der Waals surface area contributed by atoms with Crippen LogP contribution in [-0.4, -0.2) is 35.0 Å². The fraction of sp³-hybridized carbons (Fsp3) is 0.529. The summed E-state index contributed by atoms with van der Waals surface area (Å²) >= 11 is 0. The van der Waals surface area contributed by atoms with Gasteiger partial charge in [-0.15, -0.1) is 0 Å². The van der Waals surface area contributed by atoms with Crippen molar-refractivity contribution in [3.05, 3.63) is 35.9 Å². The molecule has 1 heterocycles. The number of benzene rings is 1. The smallest absolute Gasteiger partial charge is 0.314 e. The highest BCUT2D eigenvalue weighted by Gasteiger charge is 2.40. The van der Waals surface area contributed by atoms with Crippen molar-refractivity contribution in [2.75, 3.05) is 13.1 Å². The molecule has 0 bridgehead atoms. The number of hydrogen-bond acceptors (Lipinski definition) is 2. The number of hydrogen-bond donors (Lipinski definition) is 1. The van der Waals surface area contributed by atoms with Crippen LogP contribution in [0.1, 0.15) is 39.2 Å². The molecule has 1 aromatic carbocycles. The first-order chi connectivity index (χ1) is 9.74. The molecule has 1 atom stereocenters. The molecular formula is C17H23NO3. The molecule has 2 rings (SSSR count). The zero-order valence-corrected chi connectivity index (χ0v) is 12.9. The topological polar surface area (TPSA) is 57.6 Å². The molecule has 0 radical (unpaired) electrons. The minimum absolute atomic E-state index is 0.00241. The van der Waals surface area contributed by atoms with Crippen molar-refractivity contribution in [2.45, 2.75) is 39.0 Å². The summed E-state index contributed by atoms with van der Waals surface area (Å²) in [4.78, 5) is 26.0. The van der Waals surface area contributed by atoms with Gasteiger partial charge in [-0.05, 0) is 24.3 Å². The lowest BCUT2D eigenvalue weighted by Crippen LogP contribution is -2.40. The van der Waals surface area contributed by atoms with Gasteiger partial charge in [0.05, 0.1) is 5.41 Å². The van der Waals surface area contributed by atoms with Crippen LogP contribution in [0.3, 0.4) is 0 Å². The zero-order valence-electron chi connectivity index (χ0n) is 12.9. The number of carboxylic acids is 1. The van der Waals surface area contributed by atoms with Crippen molar-refractivity contribution in [1.82, 2.24) is 4.90 Å². The van der Waals surface area contributed by atoms with Gasteiger partial charge in [-0.1, -0.05) is 44.2 Å². The Morgan fingerprint density at radius 2 is 1.90 bits per heavy atom. The molecule has 0 aromatic heterocycles. The third-order valence-corrected chi connectivity index (χ3v) is 4.42. The summed E-state index contributed by atoms with van der Waals surface area (Å²) in [5, 5.41) is 9.61. The third kappa shape index (κ3) is 3.26. The van der Waals surface area contributed by atoms with Crippen LogP contribution < -0.4 is 0 Å². The van der Waals surface area contributed by atoms with Gasteiger partial charge < -0.3 is 10.0 Å². The van der Waals surface area contributed by atoms with E-state index in [0.717, 1.165) is 13.0 Å². The average Bonchev–Trinajstić information content (AvgIpc) is 2.80. The molecule has 1 aromatic rings. The average molecular weight is 289 g/mol. The van der Waals surface area contributed by atoms with Gasteiger partial charge in [0, 0.05) is 19.5 Å². The minimum Gasteiger partial charge on any atom is -0.481 e. The van der Waals surface area contributed by atoms with Gasteiger partial charge in [0.15, 0.2) is 0 Å². The molecule has 1 amide bonds. The molecule has 1 aliphatic rings. The number of carbonyl (C=O) groups excluding carboxylic acids is 1. The number of aliphatic carboxylic acids is 1. The van der Waals surface area contributed by atoms with Gasteiger partial charge in [0.25, 0.3) is 0 Å². The van der Waals surface area contributed by atoms with E-state index in [9.17, 15) is 14.7 Å². The second-order valence-corrected chi connectivity index (χ2v) is 6.91. The van der Waals surface area contributed by atoms with Crippen LogP contribution >= 0.6 is 0 Å². The van der Waals surface area contributed by atoms with Crippen molar-refractivity contribution >= 4 is 11.9 Å². The maximum absolute atomic E-state index is 12.5. The molecule has 0 saturated carbocycles. The molecule has 1 saturated heterocycles. The van der Waals surface area contributed by atoms with Gasteiger partial charge >= 0.3 is 5.97 Å². The number of carbonyl (C=O) groups is 2. The number of carboxylic acid groups (broad SMARTS) is 1. The van der Waals surface area contributed by atoms with Crippen molar-refractivity contribution < 1.29 is 14.7 Å². The first-order valence-electron chi connectivity index (χ1n) is 7.31. The molecule has 1 aliphatic heterocycles. The Morgan fingerprint density at radius 1 is 1.29 bits per heavy atom. The lowest BCUT2D eigenvalue weighted by Gasteiger charge is -2.28. The summed E-state index contributed by atoms with van der Waals surface area (Å²) in [5.41, 5.74) is -0.378. The Kier molecular flexibility index (Phi) is 4.08. The number of likely N-dealkylation sites (tertiary alicyclic amines) is 1. The van der Waals surface area contributed by atoms with E-state index in [4.69, 9.17) is 0 Å². The number of nitrogens with zero attached hydrogens (tertiary/aromatic N) is 1. The summed E-state index contributed by atoms with van der Waals surface area (Å²) in [6.45, 7) is 7.32. The first kappa shape index (κ1) is 15.5. The normalized spacial score (nSPS) is 20.0. The molecule has 1 unspecified atom stereocenters. The second kappa shape index (κ2) is 5.51. The molecular weight excluding hydrogens is 266 g/mol. The van der Waals surface area contributed by atoms with Crippen molar-refractivity contribution in [2.24, 2.45) is 5.41 Å². The highest BCUT2D eigenvalue weighted by atomic mass is 16.4. The van der Waals surface area contributed by atoms with Crippen LogP contribution in [0.2, 0.25) is 0 Å². The van der Waals surface area contributed by atoms with Crippen LogP contribution in [0, 0.1) is 5.41 Å². The first-order valence-corrected chi connectivity index (χ1v) is 7.31. The lowest BCUT2D eigenvalue weighted by molar-refractivity contribution is -0.147. The standard InChI is InChI=1S/C17H23NO3/c1-16(2)9-10-18(12-16)14(19)11-17(3,15(20)21)13-7-5-4-6-8-13/h4-8H,9-12H2,1-3H3,(H,20,21). The molecule has 4 nitrogen and oxygen atoms in total. The van der Waals surface area contributed by atoms with E-state index < -0.39 is 11.4 Å². The summed E-state index contributed by atoms with van der Waals surface area (Å²) in [7, 11) is 0. The van der Waals surface area contributed by atoms with E-state index in [-0.39, 0.29) is 17.7 Å².